The maximum Gasteiger partial charge on any atom is 0.222 e. The number of likely N-dealkylation sites (tertiary alicyclic amines) is 1. The quantitative estimate of drug-likeness (QED) is 0.815. The summed E-state index contributed by atoms with van der Waals surface area (Å²) in [6, 6.07) is 8.82. The van der Waals surface area contributed by atoms with E-state index in [0.29, 0.717) is 24.8 Å². The third-order valence-electron chi connectivity index (χ3n) is 6.79. The molecular weight excluding hydrogens is 366 g/mol. The number of aryl methyl sites for hydroxylation is 2. The predicted molar refractivity (Wildman–Crippen MR) is 108 cm³/mol. The van der Waals surface area contributed by atoms with E-state index in [1.54, 1.807) is 17.2 Å². The topological polar surface area (TPSA) is 67.6 Å². The van der Waals surface area contributed by atoms with Crippen molar-refractivity contribution in [2.75, 3.05) is 19.7 Å². The lowest BCUT2D eigenvalue weighted by atomic mass is 9.83. The van der Waals surface area contributed by atoms with Gasteiger partial charge < -0.3 is 14.6 Å². The van der Waals surface area contributed by atoms with Crippen LogP contribution in [0.15, 0.2) is 35.1 Å². The van der Waals surface area contributed by atoms with Crippen molar-refractivity contribution in [3.63, 3.8) is 0 Å². The van der Waals surface area contributed by atoms with Crippen LogP contribution < -0.4 is 5.32 Å². The lowest BCUT2D eigenvalue weighted by molar-refractivity contribution is -0.124. The first-order chi connectivity index (χ1) is 14.2. The molecule has 0 radical (unpaired) electrons. The fourth-order valence-corrected chi connectivity index (χ4v) is 5.27. The van der Waals surface area contributed by atoms with Crippen LogP contribution in [0.5, 0.6) is 0 Å². The second-order valence-electron chi connectivity index (χ2n) is 8.75. The number of nitrogens with one attached hydrogen (secondary N) is 1. The third-order valence-corrected chi connectivity index (χ3v) is 6.79. The van der Waals surface area contributed by atoms with Crippen LogP contribution in [-0.4, -0.2) is 41.8 Å². The number of benzene rings is 1. The summed E-state index contributed by atoms with van der Waals surface area (Å²) in [7, 11) is 0. The molecule has 1 aliphatic carbocycles. The Bertz CT molecular complexity index is 851. The molecule has 0 saturated carbocycles. The Morgan fingerprint density at radius 2 is 2.17 bits per heavy atom. The van der Waals surface area contributed by atoms with E-state index in [1.807, 2.05) is 0 Å². The lowest BCUT2D eigenvalue weighted by Crippen LogP contribution is -2.41. The Morgan fingerprint density at radius 1 is 1.24 bits per heavy atom. The van der Waals surface area contributed by atoms with Gasteiger partial charge in [0.25, 0.3) is 0 Å². The summed E-state index contributed by atoms with van der Waals surface area (Å²) in [5.41, 5.74) is 5.27. The Morgan fingerprint density at radius 3 is 3.07 bits per heavy atom. The molecule has 1 aromatic heterocycles. The predicted octanol–water partition coefficient (Wildman–Crippen LogP) is 2.71. The van der Waals surface area contributed by atoms with E-state index in [0.717, 1.165) is 38.4 Å². The second kappa shape index (κ2) is 8.28. The smallest absolute Gasteiger partial charge is 0.222 e. The molecule has 3 heterocycles. The maximum absolute atomic E-state index is 12.3. The Hall–Kier alpha value is -2.18. The summed E-state index contributed by atoms with van der Waals surface area (Å²) >= 11 is 0. The molecular formula is C23H29N3O3. The van der Waals surface area contributed by atoms with Crippen molar-refractivity contribution in [2.45, 2.75) is 51.3 Å². The minimum absolute atomic E-state index is 0.0271. The normalized spacial score (nSPS) is 26.3. The summed E-state index contributed by atoms with van der Waals surface area (Å²) in [6.45, 7) is 4.36. The number of rotatable bonds is 6. The zero-order valence-corrected chi connectivity index (χ0v) is 16.8. The fraction of sp³-hybridized carbons (Fsp3) is 0.565. The zero-order chi connectivity index (χ0) is 19.6. The molecule has 0 spiro atoms. The van der Waals surface area contributed by atoms with Gasteiger partial charge in [0.1, 0.15) is 12.0 Å². The molecule has 1 aromatic carbocycles. The summed E-state index contributed by atoms with van der Waals surface area (Å²) in [5.74, 6) is 1.05. The molecule has 6 nitrogen and oxygen atoms in total. The number of hydrogen-bond donors (Lipinski definition) is 1. The molecule has 6 heteroatoms. The van der Waals surface area contributed by atoms with E-state index >= 15 is 0 Å². The van der Waals surface area contributed by atoms with Crippen LogP contribution in [0.3, 0.4) is 0 Å². The van der Waals surface area contributed by atoms with Crippen LogP contribution in [0.2, 0.25) is 0 Å². The van der Waals surface area contributed by atoms with Crippen molar-refractivity contribution < 1.29 is 14.1 Å². The summed E-state index contributed by atoms with van der Waals surface area (Å²) in [6.07, 6.45) is 6.89. The van der Waals surface area contributed by atoms with Gasteiger partial charge in [0, 0.05) is 25.1 Å². The first-order valence-electron chi connectivity index (χ1n) is 10.9. The molecule has 0 unspecified atom stereocenters. The highest BCUT2D eigenvalue weighted by atomic mass is 16.5. The fourth-order valence-electron chi connectivity index (χ4n) is 5.27. The van der Waals surface area contributed by atoms with E-state index in [4.69, 9.17) is 9.26 Å². The molecule has 5 rings (SSSR count). The van der Waals surface area contributed by atoms with Gasteiger partial charge in [0.15, 0.2) is 0 Å². The molecule has 3 atom stereocenters. The Labute approximate surface area is 171 Å². The molecule has 2 saturated heterocycles. The number of carbonyl (C=O) groups excluding carboxylic acids is 1. The van der Waals surface area contributed by atoms with Crippen molar-refractivity contribution in [3.05, 3.63) is 52.9 Å². The molecule has 2 fully saturated rings. The van der Waals surface area contributed by atoms with Crippen LogP contribution in [0.4, 0.5) is 0 Å². The lowest BCUT2D eigenvalue weighted by Gasteiger charge is -2.35. The first-order valence-corrected chi connectivity index (χ1v) is 10.9. The van der Waals surface area contributed by atoms with Crippen molar-refractivity contribution >= 4 is 5.91 Å². The highest BCUT2D eigenvalue weighted by Gasteiger charge is 2.41. The molecule has 29 heavy (non-hydrogen) atoms. The number of fused-ring (bicyclic) bond motifs is 2. The maximum atomic E-state index is 12.3. The van der Waals surface area contributed by atoms with Crippen molar-refractivity contribution in [3.8, 4) is 0 Å². The van der Waals surface area contributed by atoms with Gasteiger partial charge in [0.05, 0.1) is 25.7 Å². The molecule has 1 N–H and O–H groups in total. The molecule has 3 aliphatic rings. The average molecular weight is 396 g/mol. The number of amides is 1. The van der Waals surface area contributed by atoms with Gasteiger partial charge in [0.2, 0.25) is 5.91 Å². The van der Waals surface area contributed by atoms with Gasteiger partial charge in [-0.15, -0.1) is 0 Å². The van der Waals surface area contributed by atoms with Gasteiger partial charge in [-0.25, -0.2) is 0 Å². The molecule has 154 valence electrons. The third kappa shape index (κ3) is 4.23. The highest BCUT2D eigenvalue weighted by Crippen LogP contribution is 2.36. The van der Waals surface area contributed by atoms with E-state index in [-0.39, 0.29) is 12.0 Å². The van der Waals surface area contributed by atoms with Crippen molar-refractivity contribution in [1.82, 2.24) is 15.4 Å². The van der Waals surface area contributed by atoms with Gasteiger partial charge in [-0.2, -0.15) is 0 Å². The average Bonchev–Trinajstić information content (AvgIpc) is 3.47. The summed E-state index contributed by atoms with van der Waals surface area (Å²) < 4.78 is 10.8. The number of carbonyl (C=O) groups is 1. The minimum atomic E-state index is 0.0271. The number of ether oxygens (including phenoxy) is 1. The molecule has 1 amide bonds. The van der Waals surface area contributed by atoms with Crippen LogP contribution in [0.25, 0.3) is 0 Å². The van der Waals surface area contributed by atoms with Gasteiger partial charge >= 0.3 is 0 Å². The van der Waals surface area contributed by atoms with Crippen LogP contribution in [0, 0.1) is 11.8 Å². The van der Waals surface area contributed by atoms with E-state index < -0.39 is 0 Å². The molecule has 2 aromatic rings. The summed E-state index contributed by atoms with van der Waals surface area (Å²) in [5, 5.41) is 6.74. The largest absolute Gasteiger partial charge is 0.377 e. The monoisotopic (exact) mass is 395 g/mol. The Kier molecular flexibility index (Phi) is 5.38. The van der Waals surface area contributed by atoms with Crippen LogP contribution in [-0.2, 0) is 35.5 Å². The van der Waals surface area contributed by atoms with Crippen LogP contribution >= 0.6 is 0 Å². The summed E-state index contributed by atoms with van der Waals surface area (Å²) in [4.78, 5) is 14.9. The van der Waals surface area contributed by atoms with Crippen molar-refractivity contribution in [1.29, 1.82) is 0 Å². The van der Waals surface area contributed by atoms with Gasteiger partial charge in [-0.1, -0.05) is 23.4 Å². The number of aromatic nitrogens is 1. The number of piperidine rings is 1. The van der Waals surface area contributed by atoms with E-state index in [2.05, 4.69) is 33.6 Å². The van der Waals surface area contributed by atoms with E-state index in [9.17, 15) is 4.79 Å². The zero-order valence-electron chi connectivity index (χ0n) is 16.8. The minimum Gasteiger partial charge on any atom is -0.377 e. The SMILES string of the molecule is O=C(C[C@@H]1OC[C@H]2CN(Cc3ccc4c(c3)CCC4)CC[C@H]21)NCc1ccon1. The number of nitrogens with zero attached hydrogens (tertiary/aromatic N) is 2. The van der Waals surface area contributed by atoms with Gasteiger partial charge in [-0.05, 0) is 54.8 Å². The molecule has 2 aliphatic heterocycles. The highest BCUT2D eigenvalue weighted by molar-refractivity contribution is 5.76. The van der Waals surface area contributed by atoms with Gasteiger partial charge in [-0.3, -0.25) is 9.69 Å². The second-order valence-corrected chi connectivity index (χ2v) is 8.75. The van der Waals surface area contributed by atoms with E-state index in [1.165, 1.54) is 31.1 Å². The van der Waals surface area contributed by atoms with Crippen LogP contribution in [0.1, 0.15) is 41.6 Å². The molecule has 0 bridgehead atoms. The first kappa shape index (κ1) is 18.8. The van der Waals surface area contributed by atoms with Crippen molar-refractivity contribution in [2.24, 2.45) is 11.8 Å². The Balaban J connectivity index is 1.11. The standard InChI is InChI=1S/C23H29N3O3/c27-23(24-12-20-7-9-29-25-20)11-22-21-6-8-26(14-19(21)15-28-22)13-16-4-5-17-2-1-3-18(17)10-16/h4-5,7,9-10,19,21-22H,1-3,6,8,11-15H2,(H,24,27)/t19-,21-,22+/m1/s1. The number of hydrogen-bond acceptors (Lipinski definition) is 5.